The molecule has 0 radical (unpaired) electrons. The fraction of sp³-hybridized carbons (Fsp3) is 0.500. The van der Waals surface area contributed by atoms with Crippen LogP contribution in [0, 0.1) is 6.92 Å². The summed E-state index contributed by atoms with van der Waals surface area (Å²) in [5.41, 5.74) is 2.72. The van der Waals surface area contributed by atoms with Crippen molar-refractivity contribution in [2.24, 2.45) is 0 Å². The van der Waals surface area contributed by atoms with Crippen molar-refractivity contribution in [3.05, 3.63) is 53.7 Å². The van der Waals surface area contributed by atoms with Crippen molar-refractivity contribution in [1.82, 2.24) is 14.2 Å². The molecule has 2 aliphatic rings. The number of benzene rings is 1. The lowest BCUT2D eigenvalue weighted by Gasteiger charge is -2.35. The molecule has 3 heterocycles. The highest BCUT2D eigenvalue weighted by Crippen LogP contribution is 2.22. The third-order valence-corrected chi connectivity index (χ3v) is 7.91. The van der Waals surface area contributed by atoms with E-state index in [0.29, 0.717) is 18.0 Å². The summed E-state index contributed by atoms with van der Waals surface area (Å²) in [6.07, 6.45) is 4.52. The Balaban J connectivity index is 1.36. The Morgan fingerprint density at radius 2 is 1.62 bits per heavy atom. The van der Waals surface area contributed by atoms with E-state index in [2.05, 4.69) is 46.0 Å². The zero-order chi connectivity index (χ0) is 20.3. The molecule has 1 aromatic heterocycles. The smallest absolute Gasteiger partial charge is 0.244 e. The van der Waals surface area contributed by atoms with E-state index in [1.54, 1.807) is 10.4 Å². The minimum atomic E-state index is -3.41. The normalized spacial score (nSPS) is 19.4. The zero-order valence-electron chi connectivity index (χ0n) is 17.1. The molecule has 1 aromatic carbocycles. The second-order valence-electron chi connectivity index (χ2n) is 8.01. The highest BCUT2D eigenvalue weighted by molar-refractivity contribution is 7.89. The Labute approximate surface area is 174 Å². The first-order valence-corrected chi connectivity index (χ1v) is 12.0. The lowest BCUT2D eigenvalue weighted by atomic mass is 10.1. The summed E-state index contributed by atoms with van der Waals surface area (Å²) in [4.78, 5) is 9.50. The highest BCUT2D eigenvalue weighted by atomic mass is 32.2. The average molecular weight is 415 g/mol. The summed E-state index contributed by atoms with van der Waals surface area (Å²) < 4.78 is 27.2. The molecule has 2 fully saturated rings. The molecular formula is C22H30N4O2S. The maximum atomic E-state index is 12.8. The van der Waals surface area contributed by atoms with E-state index in [1.807, 2.05) is 6.07 Å². The van der Waals surface area contributed by atoms with Crippen molar-refractivity contribution in [1.29, 1.82) is 0 Å². The molecule has 0 aliphatic carbocycles. The lowest BCUT2D eigenvalue weighted by molar-refractivity contribution is 0.249. The Morgan fingerprint density at radius 1 is 0.897 bits per heavy atom. The van der Waals surface area contributed by atoms with E-state index in [-0.39, 0.29) is 0 Å². The molecule has 0 N–H and O–H groups in total. The van der Waals surface area contributed by atoms with Gasteiger partial charge in [0.15, 0.2) is 0 Å². The lowest BCUT2D eigenvalue weighted by Crippen LogP contribution is -2.46. The first kappa shape index (κ1) is 20.3. The Hall–Kier alpha value is -1.96. The summed E-state index contributed by atoms with van der Waals surface area (Å²) in [6, 6.07) is 12.1. The van der Waals surface area contributed by atoms with E-state index in [0.717, 1.165) is 57.8 Å². The molecule has 4 rings (SSSR count). The molecule has 6 nitrogen and oxygen atoms in total. The van der Waals surface area contributed by atoms with E-state index in [1.165, 1.54) is 17.3 Å². The monoisotopic (exact) mass is 414 g/mol. The number of piperidine rings is 1. The fourth-order valence-corrected chi connectivity index (χ4v) is 5.59. The van der Waals surface area contributed by atoms with Crippen LogP contribution in [-0.2, 0) is 16.6 Å². The number of aryl methyl sites for hydroxylation is 1. The third-order valence-electron chi connectivity index (χ3n) is 6.03. The molecule has 29 heavy (non-hydrogen) atoms. The van der Waals surface area contributed by atoms with Crippen molar-refractivity contribution in [3.8, 4) is 0 Å². The van der Waals surface area contributed by atoms with Gasteiger partial charge in [-0.25, -0.2) is 13.4 Å². The summed E-state index contributed by atoms with van der Waals surface area (Å²) in [5.74, 6) is 0.859. The molecule has 0 spiro atoms. The third kappa shape index (κ3) is 4.63. The maximum Gasteiger partial charge on any atom is 0.244 e. The first-order valence-electron chi connectivity index (χ1n) is 10.5. The molecule has 7 heteroatoms. The minimum Gasteiger partial charge on any atom is -0.354 e. The summed E-state index contributed by atoms with van der Waals surface area (Å²) in [7, 11) is -3.41. The minimum absolute atomic E-state index is 0.307. The summed E-state index contributed by atoms with van der Waals surface area (Å²) in [6.45, 7) is 8.12. The highest BCUT2D eigenvalue weighted by Gasteiger charge is 2.26. The van der Waals surface area contributed by atoms with Crippen LogP contribution in [0.1, 0.15) is 30.4 Å². The molecule has 2 saturated heterocycles. The van der Waals surface area contributed by atoms with E-state index in [4.69, 9.17) is 0 Å². The van der Waals surface area contributed by atoms with Gasteiger partial charge in [0, 0.05) is 52.0 Å². The van der Waals surface area contributed by atoms with Gasteiger partial charge in [-0.2, -0.15) is 4.31 Å². The maximum absolute atomic E-state index is 12.8. The molecule has 156 valence electrons. The van der Waals surface area contributed by atoms with Crippen molar-refractivity contribution >= 4 is 15.8 Å². The largest absolute Gasteiger partial charge is 0.354 e. The van der Waals surface area contributed by atoms with Crippen LogP contribution >= 0.6 is 0 Å². The standard InChI is InChI=1S/C22H30N4O2S/c1-19-7-3-4-8-20(19)18-24-13-15-25(16-14-24)22-10-9-21(17-23-22)29(27,28)26-11-5-2-6-12-26/h3-4,7-10,17H,2,5-6,11-16,18H2,1H3. The molecule has 0 saturated carbocycles. The Kier molecular flexibility index (Phi) is 6.18. The second kappa shape index (κ2) is 8.81. The van der Waals surface area contributed by atoms with Gasteiger partial charge in [0.25, 0.3) is 0 Å². The van der Waals surface area contributed by atoms with E-state index < -0.39 is 10.0 Å². The predicted molar refractivity (Wildman–Crippen MR) is 116 cm³/mol. The van der Waals surface area contributed by atoms with Crippen molar-refractivity contribution in [3.63, 3.8) is 0 Å². The number of rotatable bonds is 5. The van der Waals surface area contributed by atoms with Crippen LogP contribution in [0.15, 0.2) is 47.5 Å². The van der Waals surface area contributed by atoms with Crippen molar-refractivity contribution in [2.45, 2.75) is 37.6 Å². The van der Waals surface area contributed by atoms with Crippen LogP contribution in [0.5, 0.6) is 0 Å². The fourth-order valence-electron chi connectivity index (χ4n) is 4.13. The van der Waals surface area contributed by atoms with Gasteiger partial charge in [-0.15, -0.1) is 0 Å². The van der Waals surface area contributed by atoms with Gasteiger partial charge in [0.2, 0.25) is 10.0 Å². The second-order valence-corrected chi connectivity index (χ2v) is 9.94. The van der Waals surface area contributed by atoms with Crippen LogP contribution in [0.25, 0.3) is 0 Å². The van der Waals surface area contributed by atoms with E-state index >= 15 is 0 Å². The number of hydrogen-bond donors (Lipinski definition) is 0. The number of aromatic nitrogens is 1. The Bertz CT molecular complexity index is 916. The zero-order valence-corrected chi connectivity index (χ0v) is 17.9. The average Bonchev–Trinajstić information content (AvgIpc) is 2.77. The molecule has 2 aromatic rings. The van der Waals surface area contributed by atoms with Crippen LogP contribution in [0.2, 0.25) is 0 Å². The number of sulfonamides is 1. The van der Waals surface area contributed by atoms with Gasteiger partial charge in [-0.05, 0) is 43.0 Å². The van der Waals surface area contributed by atoms with Gasteiger partial charge < -0.3 is 4.90 Å². The van der Waals surface area contributed by atoms with Gasteiger partial charge >= 0.3 is 0 Å². The SMILES string of the molecule is Cc1ccccc1CN1CCN(c2ccc(S(=O)(=O)N3CCCCC3)cn2)CC1. The van der Waals surface area contributed by atoms with Crippen LogP contribution in [-0.4, -0.2) is 61.9 Å². The van der Waals surface area contributed by atoms with E-state index in [9.17, 15) is 8.42 Å². The first-order chi connectivity index (χ1) is 14.0. The van der Waals surface area contributed by atoms with Crippen LogP contribution in [0.3, 0.4) is 0 Å². The van der Waals surface area contributed by atoms with Gasteiger partial charge in [0.1, 0.15) is 10.7 Å². The van der Waals surface area contributed by atoms with Crippen LogP contribution < -0.4 is 4.90 Å². The van der Waals surface area contributed by atoms with Gasteiger partial charge in [-0.3, -0.25) is 4.90 Å². The molecule has 0 atom stereocenters. The number of nitrogens with zero attached hydrogens (tertiary/aromatic N) is 4. The Morgan fingerprint density at radius 3 is 2.28 bits per heavy atom. The molecule has 0 amide bonds. The molecule has 2 aliphatic heterocycles. The summed E-state index contributed by atoms with van der Waals surface area (Å²) in [5, 5.41) is 0. The predicted octanol–water partition coefficient (Wildman–Crippen LogP) is 2.89. The van der Waals surface area contributed by atoms with Crippen molar-refractivity contribution < 1.29 is 8.42 Å². The molecule has 0 bridgehead atoms. The molecule has 0 unspecified atom stereocenters. The summed E-state index contributed by atoms with van der Waals surface area (Å²) >= 11 is 0. The van der Waals surface area contributed by atoms with Crippen molar-refractivity contribution in [2.75, 3.05) is 44.2 Å². The van der Waals surface area contributed by atoms with Crippen LogP contribution in [0.4, 0.5) is 5.82 Å². The number of anilines is 1. The number of piperazine rings is 1. The number of pyridine rings is 1. The number of hydrogen-bond acceptors (Lipinski definition) is 5. The quantitative estimate of drug-likeness (QED) is 0.753. The molecular weight excluding hydrogens is 384 g/mol. The van der Waals surface area contributed by atoms with Gasteiger partial charge in [0.05, 0.1) is 0 Å². The topological polar surface area (TPSA) is 56.8 Å². The van der Waals surface area contributed by atoms with Gasteiger partial charge in [-0.1, -0.05) is 30.7 Å².